The average Bonchev–Trinajstić information content (AvgIpc) is 2.80. The predicted octanol–water partition coefficient (Wildman–Crippen LogP) is 4.26. The quantitative estimate of drug-likeness (QED) is 0.621. The number of rotatable bonds is 7. The maximum absolute atomic E-state index is 12.9. The van der Waals surface area contributed by atoms with E-state index in [0.717, 1.165) is 48.2 Å². The van der Waals surface area contributed by atoms with E-state index in [-0.39, 0.29) is 11.8 Å². The molecule has 0 aliphatic carbocycles. The number of para-hydroxylation sites is 2. The first-order valence-electron chi connectivity index (χ1n) is 11.1. The molecule has 6 heteroatoms. The molecule has 1 fully saturated rings. The first-order valence-corrected chi connectivity index (χ1v) is 11.1. The monoisotopic (exact) mass is 418 g/mol. The molecule has 1 N–H and O–H groups in total. The van der Waals surface area contributed by atoms with Crippen LogP contribution >= 0.6 is 0 Å². The van der Waals surface area contributed by atoms with Gasteiger partial charge in [0.2, 0.25) is 5.91 Å². The van der Waals surface area contributed by atoms with Crippen LogP contribution in [0, 0.1) is 12.8 Å². The minimum atomic E-state index is -0.0779. The van der Waals surface area contributed by atoms with Crippen molar-refractivity contribution < 1.29 is 9.53 Å². The van der Waals surface area contributed by atoms with Crippen molar-refractivity contribution in [1.82, 2.24) is 15.3 Å². The van der Waals surface area contributed by atoms with Gasteiger partial charge >= 0.3 is 0 Å². The molecule has 162 valence electrons. The normalized spacial score (nSPS) is 16.3. The molecule has 0 unspecified atom stereocenters. The van der Waals surface area contributed by atoms with Crippen molar-refractivity contribution >= 4 is 22.8 Å². The van der Waals surface area contributed by atoms with Crippen LogP contribution in [-0.4, -0.2) is 35.6 Å². The number of hydrogen-bond acceptors (Lipinski definition) is 5. The summed E-state index contributed by atoms with van der Waals surface area (Å²) in [7, 11) is 0. The number of carbonyl (C=O) groups excluding carboxylic acids is 1. The van der Waals surface area contributed by atoms with Crippen molar-refractivity contribution in [3.63, 3.8) is 0 Å². The molecule has 0 spiro atoms. The molecule has 3 aromatic rings. The van der Waals surface area contributed by atoms with E-state index in [1.54, 1.807) is 0 Å². The Kier molecular flexibility index (Phi) is 6.65. The number of nitrogens with one attached hydrogen (secondary N) is 1. The largest absolute Gasteiger partial charge is 0.475 e. The van der Waals surface area contributed by atoms with Crippen LogP contribution in [0.25, 0.3) is 11.0 Å². The lowest BCUT2D eigenvalue weighted by molar-refractivity contribution is -0.125. The Labute approximate surface area is 183 Å². The lowest BCUT2D eigenvalue weighted by Gasteiger charge is -2.33. The van der Waals surface area contributed by atoms with Crippen molar-refractivity contribution in [1.29, 1.82) is 0 Å². The summed E-state index contributed by atoms with van der Waals surface area (Å²) in [6.07, 6.45) is 2.71. The summed E-state index contributed by atoms with van der Waals surface area (Å²) in [5, 5.41) is 3.11. The molecular weight excluding hydrogens is 388 g/mol. The number of amides is 1. The van der Waals surface area contributed by atoms with Crippen molar-refractivity contribution in [2.45, 2.75) is 39.7 Å². The second-order valence-electron chi connectivity index (χ2n) is 8.18. The summed E-state index contributed by atoms with van der Waals surface area (Å²) in [6, 6.07) is 16.1. The fourth-order valence-electron chi connectivity index (χ4n) is 4.02. The molecule has 4 rings (SSSR count). The van der Waals surface area contributed by atoms with E-state index in [1.807, 2.05) is 36.4 Å². The van der Waals surface area contributed by atoms with Gasteiger partial charge in [0.05, 0.1) is 23.6 Å². The Morgan fingerprint density at radius 2 is 1.97 bits per heavy atom. The Hall–Kier alpha value is -3.15. The van der Waals surface area contributed by atoms with Gasteiger partial charge in [0, 0.05) is 19.6 Å². The van der Waals surface area contributed by atoms with Crippen LogP contribution in [0.4, 0.5) is 5.82 Å². The van der Waals surface area contributed by atoms with Crippen molar-refractivity contribution in [2.24, 2.45) is 5.92 Å². The lowest BCUT2D eigenvalue weighted by Crippen LogP contribution is -2.43. The van der Waals surface area contributed by atoms with Gasteiger partial charge in [-0.2, -0.15) is 0 Å². The van der Waals surface area contributed by atoms with Gasteiger partial charge in [-0.1, -0.05) is 48.9 Å². The first kappa shape index (κ1) is 21.1. The average molecular weight is 419 g/mol. The minimum absolute atomic E-state index is 0.0779. The molecule has 0 saturated carbocycles. The SMILES string of the molecule is CCCOc1nc2ccccc2nc1N1CCC[C@@H](C(=O)NCc2cccc(C)c2)C1. The highest BCUT2D eigenvalue weighted by Crippen LogP contribution is 2.30. The Morgan fingerprint density at radius 1 is 1.16 bits per heavy atom. The predicted molar refractivity (Wildman–Crippen MR) is 123 cm³/mol. The summed E-state index contributed by atoms with van der Waals surface area (Å²) in [6.45, 7) is 6.75. The zero-order valence-electron chi connectivity index (χ0n) is 18.3. The zero-order valence-corrected chi connectivity index (χ0v) is 18.3. The number of benzene rings is 2. The number of ether oxygens (including phenoxy) is 1. The van der Waals surface area contributed by atoms with Gasteiger partial charge in [-0.05, 0) is 43.9 Å². The fourth-order valence-corrected chi connectivity index (χ4v) is 4.02. The van der Waals surface area contributed by atoms with Crippen molar-refractivity contribution in [3.05, 3.63) is 59.7 Å². The van der Waals surface area contributed by atoms with Gasteiger partial charge in [0.15, 0.2) is 5.82 Å². The van der Waals surface area contributed by atoms with Crippen molar-refractivity contribution in [2.75, 3.05) is 24.6 Å². The highest BCUT2D eigenvalue weighted by atomic mass is 16.5. The smallest absolute Gasteiger partial charge is 0.258 e. The fraction of sp³-hybridized carbons (Fsp3) is 0.400. The van der Waals surface area contributed by atoms with E-state index in [0.29, 0.717) is 25.6 Å². The van der Waals surface area contributed by atoms with Crippen LogP contribution in [0.5, 0.6) is 5.88 Å². The molecule has 6 nitrogen and oxygen atoms in total. The van der Waals surface area contributed by atoms with E-state index in [2.05, 4.69) is 36.2 Å². The molecule has 2 heterocycles. The Morgan fingerprint density at radius 3 is 2.74 bits per heavy atom. The number of nitrogens with zero attached hydrogens (tertiary/aromatic N) is 3. The first-order chi connectivity index (χ1) is 15.1. The lowest BCUT2D eigenvalue weighted by atomic mass is 9.97. The third kappa shape index (κ3) is 5.13. The molecular formula is C25H30N4O2. The minimum Gasteiger partial charge on any atom is -0.475 e. The van der Waals surface area contributed by atoms with E-state index < -0.39 is 0 Å². The maximum Gasteiger partial charge on any atom is 0.258 e. The summed E-state index contributed by atoms with van der Waals surface area (Å²) < 4.78 is 5.94. The summed E-state index contributed by atoms with van der Waals surface area (Å²) in [5.74, 6) is 1.31. The molecule has 1 aliphatic rings. The van der Waals surface area contributed by atoms with E-state index in [9.17, 15) is 4.79 Å². The molecule has 0 radical (unpaired) electrons. The molecule has 1 aliphatic heterocycles. The third-order valence-electron chi connectivity index (χ3n) is 5.61. The zero-order chi connectivity index (χ0) is 21.6. The number of carbonyl (C=O) groups is 1. The standard InChI is InChI=1S/C25H30N4O2/c1-3-14-31-25-23(27-21-11-4-5-12-22(21)28-25)29-13-7-10-20(17-29)24(30)26-16-19-9-6-8-18(2)15-19/h4-6,8-9,11-12,15,20H,3,7,10,13-14,16-17H2,1-2H3,(H,26,30)/t20-/m1/s1. The Balaban J connectivity index is 1.49. The van der Waals surface area contributed by atoms with Gasteiger partial charge in [-0.3, -0.25) is 4.79 Å². The summed E-state index contributed by atoms with van der Waals surface area (Å²) in [5.41, 5.74) is 3.98. The molecule has 2 aromatic carbocycles. The van der Waals surface area contributed by atoms with E-state index >= 15 is 0 Å². The Bertz CT molecular complexity index is 1050. The second-order valence-corrected chi connectivity index (χ2v) is 8.18. The van der Waals surface area contributed by atoms with Gasteiger partial charge in [0.1, 0.15) is 0 Å². The van der Waals surface area contributed by atoms with Gasteiger partial charge < -0.3 is 15.0 Å². The van der Waals surface area contributed by atoms with Crippen LogP contribution in [-0.2, 0) is 11.3 Å². The molecule has 31 heavy (non-hydrogen) atoms. The van der Waals surface area contributed by atoms with E-state index in [4.69, 9.17) is 14.7 Å². The molecule has 1 aromatic heterocycles. The number of hydrogen-bond donors (Lipinski definition) is 1. The van der Waals surface area contributed by atoms with Gasteiger partial charge in [-0.25, -0.2) is 9.97 Å². The topological polar surface area (TPSA) is 67.4 Å². The van der Waals surface area contributed by atoms with Crippen LogP contribution in [0.1, 0.15) is 37.3 Å². The number of anilines is 1. The number of fused-ring (bicyclic) bond motifs is 1. The second kappa shape index (κ2) is 9.77. The van der Waals surface area contributed by atoms with Gasteiger partial charge in [-0.15, -0.1) is 0 Å². The number of aromatic nitrogens is 2. The molecule has 0 bridgehead atoms. The maximum atomic E-state index is 12.9. The molecule has 1 amide bonds. The summed E-state index contributed by atoms with van der Waals surface area (Å²) in [4.78, 5) is 24.6. The van der Waals surface area contributed by atoms with Crippen molar-refractivity contribution in [3.8, 4) is 5.88 Å². The van der Waals surface area contributed by atoms with E-state index in [1.165, 1.54) is 5.56 Å². The van der Waals surface area contributed by atoms with Crippen LogP contribution in [0.3, 0.4) is 0 Å². The highest BCUT2D eigenvalue weighted by Gasteiger charge is 2.28. The van der Waals surface area contributed by atoms with Crippen LogP contribution in [0.2, 0.25) is 0 Å². The number of aryl methyl sites for hydroxylation is 1. The molecule has 1 saturated heterocycles. The molecule has 1 atom stereocenters. The van der Waals surface area contributed by atoms with Gasteiger partial charge in [0.25, 0.3) is 5.88 Å². The third-order valence-corrected chi connectivity index (χ3v) is 5.61. The van der Waals surface area contributed by atoms with Crippen LogP contribution in [0.15, 0.2) is 48.5 Å². The summed E-state index contributed by atoms with van der Waals surface area (Å²) >= 11 is 0. The van der Waals surface area contributed by atoms with Crippen LogP contribution < -0.4 is 15.0 Å². The highest BCUT2D eigenvalue weighted by molar-refractivity contribution is 5.80. The number of piperidine rings is 1.